The molecule has 1 N–H and O–H groups in total. The molecule has 0 aliphatic carbocycles. The molecule has 4 heteroatoms. The Morgan fingerprint density at radius 1 is 1.10 bits per heavy atom. The highest BCUT2D eigenvalue weighted by Crippen LogP contribution is 2.26. The van der Waals surface area contributed by atoms with E-state index in [4.69, 9.17) is 0 Å². The van der Waals surface area contributed by atoms with Gasteiger partial charge in [0.2, 0.25) is 0 Å². The van der Waals surface area contributed by atoms with Gasteiger partial charge in [0.25, 0.3) is 0 Å². The number of hydrogen-bond donors (Lipinski definition) is 1. The summed E-state index contributed by atoms with van der Waals surface area (Å²) in [7, 11) is 1.87. The molecule has 0 aliphatic heterocycles. The van der Waals surface area contributed by atoms with E-state index in [1.807, 2.05) is 49.5 Å². The van der Waals surface area contributed by atoms with E-state index in [1.165, 1.54) is 6.07 Å². The predicted octanol–water partition coefficient (Wildman–Crippen LogP) is 3.40. The zero-order valence-electron chi connectivity index (χ0n) is 11.8. The van der Waals surface area contributed by atoms with Crippen LogP contribution >= 0.6 is 0 Å². The normalized spacial score (nSPS) is 10.8. The topological polar surface area (TPSA) is 29.9 Å². The van der Waals surface area contributed by atoms with Crippen LogP contribution in [0.15, 0.2) is 60.8 Å². The zero-order chi connectivity index (χ0) is 14.7. The second kappa shape index (κ2) is 5.89. The number of benzene rings is 2. The van der Waals surface area contributed by atoms with Crippen LogP contribution in [0.3, 0.4) is 0 Å². The van der Waals surface area contributed by atoms with Crippen molar-refractivity contribution in [2.75, 3.05) is 7.05 Å². The van der Waals surface area contributed by atoms with Gasteiger partial charge in [0.05, 0.1) is 17.6 Å². The Hall–Kier alpha value is -2.46. The van der Waals surface area contributed by atoms with Crippen LogP contribution in [-0.2, 0) is 6.54 Å². The maximum Gasteiger partial charge on any atom is 0.132 e. The van der Waals surface area contributed by atoms with Crippen molar-refractivity contribution in [3.63, 3.8) is 0 Å². The van der Waals surface area contributed by atoms with Crippen LogP contribution in [0.25, 0.3) is 16.9 Å². The molecule has 21 heavy (non-hydrogen) atoms. The standard InChI is InChI=1S/C17H16FN3/c1-19-12-13-7-8-16(18)15(11-13)17-9-10-20-21(17)14-5-3-2-4-6-14/h2-11,19H,12H2,1H3. The van der Waals surface area contributed by atoms with E-state index >= 15 is 0 Å². The molecule has 0 radical (unpaired) electrons. The molecular weight excluding hydrogens is 265 g/mol. The average Bonchev–Trinajstić information content (AvgIpc) is 3.00. The number of nitrogens with zero attached hydrogens (tertiary/aromatic N) is 2. The molecule has 0 spiro atoms. The van der Waals surface area contributed by atoms with Gasteiger partial charge in [0.15, 0.2) is 0 Å². The molecule has 0 fully saturated rings. The lowest BCUT2D eigenvalue weighted by atomic mass is 10.1. The Labute approximate surface area is 123 Å². The first-order valence-corrected chi connectivity index (χ1v) is 6.82. The van der Waals surface area contributed by atoms with E-state index in [-0.39, 0.29) is 5.82 Å². The summed E-state index contributed by atoms with van der Waals surface area (Å²) in [5, 5.41) is 7.39. The highest BCUT2D eigenvalue weighted by molar-refractivity contribution is 5.63. The van der Waals surface area contributed by atoms with Crippen LogP contribution in [0.1, 0.15) is 5.56 Å². The first kappa shape index (κ1) is 13.5. The quantitative estimate of drug-likeness (QED) is 0.794. The van der Waals surface area contributed by atoms with Gasteiger partial charge in [-0.15, -0.1) is 0 Å². The van der Waals surface area contributed by atoms with Crippen molar-refractivity contribution in [3.05, 3.63) is 72.2 Å². The number of rotatable bonds is 4. The first-order chi connectivity index (χ1) is 10.3. The van der Waals surface area contributed by atoms with Gasteiger partial charge in [-0.1, -0.05) is 24.3 Å². The maximum atomic E-state index is 14.2. The lowest BCUT2D eigenvalue weighted by molar-refractivity contribution is 0.628. The lowest BCUT2D eigenvalue weighted by Crippen LogP contribution is -2.06. The molecule has 2 aromatic carbocycles. The Morgan fingerprint density at radius 3 is 2.67 bits per heavy atom. The van der Waals surface area contributed by atoms with Crippen molar-refractivity contribution >= 4 is 0 Å². The highest BCUT2D eigenvalue weighted by Gasteiger charge is 2.12. The number of hydrogen-bond acceptors (Lipinski definition) is 2. The van der Waals surface area contributed by atoms with Crippen LogP contribution in [0.2, 0.25) is 0 Å². The van der Waals surface area contributed by atoms with Crippen molar-refractivity contribution < 1.29 is 4.39 Å². The summed E-state index contributed by atoms with van der Waals surface area (Å²) in [5.74, 6) is -0.243. The molecule has 0 unspecified atom stereocenters. The molecule has 3 nitrogen and oxygen atoms in total. The summed E-state index contributed by atoms with van der Waals surface area (Å²) in [6.07, 6.45) is 1.69. The van der Waals surface area contributed by atoms with E-state index < -0.39 is 0 Å². The average molecular weight is 281 g/mol. The van der Waals surface area contributed by atoms with Crippen LogP contribution in [-0.4, -0.2) is 16.8 Å². The minimum atomic E-state index is -0.243. The number of aromatic nitrogens is 2. The van der Waals surface area contributed by atoms with Gasteiger partial charge in [-0.05, 0) is 42.9 Å². The minimum Gasteiger partial charge on any atom is -0.316 e. The largest absolute Gasteiger partial charge is 0.316 e. The van der Waals surface area contributed by atoms with Crippen LogP contribution in [0.4, 0.5) is 4.39 Å². The fourth-order valence-electron chi connectivity index (χ4n) is 2.37. The van der Waals surface area contributed by atoms with Crippen molar-refractivity contribution in [1.82, 2.24) is 15.1 Å². The summed E-state index contributed by atoms with van der Waals surface area (Å²) >= 11 is 0. The summed E-state index contributed by atoms with van der Waals surface area (Å²) in [6.45, 7) is 0.701. The van der Waals surface area contributed by atoms with Crippen molar-refractivity contribution in [3.8, 4) is 16.9 Å². The van der Waals surface area contributed by atoms with Gasteiger partial charge < -0.3 is 5.32 Å². The third-order valence-corrected chi connectivity index (χ3v) is 3.33. The van der Waals surface area contributed by atoms with Crippen molar-refractivity contribution in [1.29, 1.82) is 0 Å². The van der Waals surface area contributed by atoms with Crippen molar-refractivity contribution in [2.24, 2.45) is 0 Å². The van der Waals surface area contributed by atoms with Gasteiger partial charge in [-0.3, -0.25) is 0 Å². The molecule has 1 aromatic heterocycles. The smallest absolute Gasteiger partial charge is 0.132 e. The van der Waals surface area contributed by atoms with Crippen molar-refractivity contribution in [2.45, 2.75) is 6.54 Å². The fraction of sp³-hybridized carbons (Fsp3) is 0.118. The molecule has 106 valence electrons. The van der Waals surface area contributed by atoms with Crippen LogP contribution in [0.5, 0.6) is 0 Å². The first-order valence-electron chi connectivity index (χ1n) is 6.82. The third-order valence-electron chi connectivity index (χ3n) is 3.33. The van der Waals surface area contributed by atoms with E-state index in [0.717, 1.165) is 16.9 Å². The van der Waals surface area contributed by atoms with Gasteiger partial charge >= 0.3 is 0 Å². The lowest BCUT2D eigenvalue weighted by Gasteiger charge is -2.10. The van der Waals surface area contributed by atoms with Crippen LogP contribution < -0.4 is 5.32 Å². The second-order valence-electron chi connectivity index (χ2n) is 4.81. The molecule has 0 bridgehead atoms. The number of nitrogens with one attached hydrogen (secondary N) is 1. The summed E-state index contributed by atoms with van der Waals surface area (Å²) in [5.41, 5.74) is 3.26. The summed E-state index contributed by atoms with van der Waals surface area (Å²) in [6, 6.07) is 16.7. The Morgan fingerprint density at radius 2 is 1.90 bits per heavy atom. The number of para-hydroxylation sites is 1. The summed E-state index contributed by atoms with van der Waals surface area (Å²) in [4.78, 5) is 0. The molecule has 0 amide bonds. The fourth-order valence-corrected chi connectivity index (χ4v) is 2.37. The molecule has 0 aliphatic rings. The third kappa shape index (κ3) is 2.71. The zero-order valence-corrected chi connectivity index (χ0v) is 11.8. The van der Waals surface area contributed by atoms with Crippen LogP contribution in [0, 0.1) is 5.82 Å². The molecule has 0 saturated heterocycles. The SMILES string of the molecule is CNCc1ccc(F)c(-c2ccnn2-c2ccccc2)c1. The molecule has 1 heterocycles. The Bertz CT molecular complexity index is 735. The maximum absolute atomic E-state index is 14.2. The summed E-state index contributed by atoms with van der Waals surface area (Å²) < 4.78 is 16.0. The molecular formula is C17H16FN3. The van der Waals surface area contributed by atoms with E-state index in [0.29, 0.717) is 12.1 Å². The Balaban J connectivity index is 2.10. The molecule has 0 saturated carbocycles. The van der Waals surface area contributed by atoms with Gasteiger partial charge in [0.1, 0.15) is 5.82 Å². The number of halogens is 1. The molecule has 3 aromatic rings. The monoisotopic (exact) mass is 281 g/mol. The van der Waals surface area contributed by atoms with Gasteiger partial charge in [-0.25, -0.2) is 9.07 Å². The highest BCUT2D eigenvalue weighted by atomic mass is 19.1. The van der Waals surface area contributed by atoms with E-state index in [2.05, 4.69) is 10.4 Å². The van der Waals surface area contributed by atoms with Gasteiger partial charge in [-0.2, -0.15) is 5.10 Å². The van der Waals surface area contributed by atoms with Gasteiger partial charge in [0, 0.05) is 12.1 Å². The molecule has 3 rings (SSSR count). The minimum absolute atomic E-state index is 0.243. The second-order valence-corrected chi connectivity index (χ2v) is 4.81. The van der Waals surface area contributed by atoms with E-state index in [1.54, 1.807) is 16.9 Å². The van der Waals surface area contributed by atoms with E-state index in [9.17, 15) is 4.39 Å². The molecule has 0 atom stereocenters. The predicted molar refractivity (Wildman–Crippen MR) is 81.7 cm³/mol. The Kier molecular flexibility index (Phi) is 3.79.